The first-order valence-electron chi connectivity index (χ1n) is 10.3. The van der Waals surface area contributed by atoms with E-state index in [1.807, 2.05) is 40.5 Å². The molecule has 0 radical (unpaired) electrons. The van der Waals surface area contributed by atoms with Gasteiger partial charge in [0.05, 0.1) is 12.7 Å². The van der Waals surface area contributed by atoms with Crippen LogP contribution in [0.1, 0.15) is 19.3 Å². The molecule has 5 heteroatoms. The lowest BCUT2D eigenvalue weighted by Gasteiger charge is -2.35. The van der Waals surface area contributed by atoms with E-state index in [0.717, 1.165) is 6.42 Å². The Balaban J connectivity index is 1.37. The predicted octanol–water partition coefficient (Wildman–Crippen LogP) is 8.49. The third kappa shape index (κ3) is 4.37. The summed E-state index contributed by atoms with van der Waals surface area (Å²) in [5.41, 5.74) is 0. The van der Waals surface area contributed by atoms with E-state index in [-0.39, 0.29) is 6.10 Å². The molecule has 1 aliphatic rings. The molecule has 154 valence electrons. The van der Waals surface area contributed by atoms with Crippen LogP contribution >= 0.6 is 46.2 Å². The largest absolute Gasteiger partial charge is 0.373 e. The number of fused-ring (bicyclic) bond motifs is 2. The number of benzene rings is 2. The third-order valence-corrected chi connectivity index (χ3v) is 10.5. The van der Waals surface area contributed by atoms with Crippen LogP contribution in [-0.2, 0) is 4.74 Å². The minimum atomic E-state index is 0.289. The molecule has 1 nitrogen and oxygen atoms in total. The monoisotopic (exact) mass is 468 g/mol. The first-order chi connectivity index (χ1) is 14.8. The molecule has 2 heterocycles. The van der Waals surface area contributed by atoms with Crippen LogP contribution in [0.25, 0.3) is 20.2 Å². The number of hydrogen-bond acceptors (Lipinski definition) is 5. The number of ether oxygens (including phenoxy) is 1. The van der Waals surface area contributed by atoms with Crippen molar-refractivity contribution in [1.82, 2.24) is 0 Å². The summed E-state index contributed by atoms with van der Waals surface area (Å²) >= 11 is 7.79. The highest BCUT2D eigenvalue weighted by Crippen LogP contribution is 2.45. The highest BCUT2D eigenvalue weighted by molar-refractivity contribution is 8.01. The van der Waals surface area contributed by atoms with E-state index in [2.05, 4.69) is 77.6 Å². The maximum Gasteiger partial charge on any atom is 0.0702 e. The Bertz CT molecular complexity index is 1140. The SMILES string of the molecule is C=CCOC1CCC(Sc2cccc3ccsc23)CC1Sc1cccc2ccsc12. The molecule has 1 fully saturated rings. The van der Waals surface area contributed by atoms with Crippen LogP contribution in [0.3, 0.4) is 0 Å². The molecular formula is C25H24OS4. The van der Waals surface area contributed by atoms with Crippen molar-refractivity contribution in [2.45, 2.75) is 45.7 Å². The predicted molar refractivity (Wildman–Crippen MR) is 137 cm³/mol. The van der Waals surface area contributed by atoms with Gasteiger partial charge in [-0.2, -0.15) is 0 Å². The summed E-state index contributed by atoms with van der Waals surface area (Å²) in [7, 11) is 0. The minimum Gasteiger partial charge on any atom is -0.373 e. The first-order valence-corrected chi connectivity index (χ1v) is 13.8. The maximum absolute atomic E-state index is 6.22. The standard InChI is InChI=1S/C25H24OS4/c1-2-13-26-20-10-9-19(29-21-7-3-5-17-11-14-27-24(17)21)16-23(20)30-22-8-4-6-18-12-15-28-25(18)22/h2-8,11-12,14-15,19-20,23H,1,9-10,13,16H2. The van der Waals surface area contributed by atoms with Crippen molar-refractivity contribution >= 4 is 66.4 Å². The Kier molecular flexibility index (Phi) is 6.53. The number of thiophene rings is 2. The van der Waals surface area contributed by atoms with Crippen LogP contribution < -0.4 is 0 Å². The molecule has 0 saturated heterocycles. The summed E-state index contributed by atoms with van der Waals surface area (Å²) < 4.78 is 9.06. The van der Waals surface area contributed by atoms with Gasteiger partial charge in [-0.25, -0.2) is 0 Å². The topological polar surface area (TPSA) is 9.23 Å². The van der Waals surface area contributed by atoms with Crippen LogP contribution in [0.2, 0.25) is 0 Å². The summed E-state index contributed by atoms with van der Waals surface area (Å²) in [5.74, 6) is 0. The van der Waals surface area contributed by atoms with Gasteiger partial charge in [0.1, 0.15) is 0 Å². The number of hydrogen-bond donors (Lipinski definition) is 0. The van der Waals surface area contributed by atoms with Gasteiger partial charge >= 0.3 is 0 Å². The van der Waals surface area contributed by atoms with Gasteiger partial charge in [-0.3, -0.25) is 0 Å². The smallest absolute Gasteiger partial charge is 0.0702 e. The quantitative estimate of drug-likeness (QED) is 0.252. The van der Waals surface area contributed by atoms with Gasteiger partial charge in [0.2, 0.25) is 0 Å². The van der Waals surface area contributed by atoms with E-state index in [9.17, 15) is 0 Å². The molecule has 2 aromatic heterocycles. The summed E-state index contributed by atoms with van der Waals surface area (Å²) in [5, 5.41) is 8.20. The zero-order chi connectivity index (χ0) is 20.3. The Morgan fingerprint density at radius 2 is 1.57 bits per heavy atom. The fourth-order valence-electron chi connectivity index (χ4n) is 4.14. The molecule has 5 rings (SSSR count). The number of rotatable bonds is 7. The zero-order valence-electron chi connectivity index (χ0n) is 16.7. The Morgan fingerprint density at radius 1 is 0.900 bits per heavy atom. The molecule has 0 bridgehead atoms. The van der Waals surface area contributed by atoms with Crippen molar-refractivity contribution in [2.75, 3.05) is 6.61 Å². The van der Waals surface area contributed by atoms with Gasteiger partial charge < -0.3 is 4.74 Å². The van der Waals surface area contributed by atoms with Crippen molar-refractivity contribution in [2.24, 2.45) is 0 Å². The fourth-order valence-corrected chi connectivity index (χ4v) is 9.15. The van der Waals surface area contributed by atoms with Crippen LogP contribution in [0.15, 0.2) is 81.7 Å². The van der Waals surface area contributed by atoms with Gasteiger partial charge in [-0.05, 0) is 65.1 Å². The van der Waals surface area contributed by atoms with Crippen molar-refractivity contribution in [3.8, 4) is 0 Å². The lowest BCUT2D eigenvalue weighted by Crippen LogP contribution is -2.35. The Labute approximate surface area is 194 Å². The Hall–Kier alpha value is -1.24. The fraction of sp³-hybridized carbons (Fsp3) is 0.280. The van der Waals surface area contributed by atoms with E-state index in [1.165, 1.54) is 42.8 Å². The van der Waals surface area contributed by atoms with Gasteiger partial charge in [-0.15, -0.1) is 52.8 Å². The highest BCUT2D eigenvalue weighted by Gasteiger charge is 2.33. The normalized spacial score (nSPS) is 21.9. The van der Waals surface area contributed by atoms with Crippen molar-refractivity contribution < 1.29 is 4.74 Å². The second-order valence-corrected chi connectivity index (χ2v) is 12.0. The molecule has 4 aromatic rings. The molecule has 3 atom stereocenters. The van der Waals surface area contributed by atoms with Gasteiger partial charge in [0.15, 0.2) is 0 Å². The molecule has 30 heavy (non-hydrogen) atoms. The molecule has 2 aromatic carbocycles. The number of thioether (sulfide) groups is 2. The van der Waals surface area contributed by atoms with Gasteiger partial charge in [-0.1, -0.05) is 30.3 Å². The van der Waals surface area contributed by atoms with Crippen molar-refractivity contribution in [1.29, 1.82) is 0 Å². The minimum absolute atomic E-state index is 0.289. The first kappa shape index (κ1) is 20.7. The molecule has 0 aliphatic heterocycles. The third-order valence-electron chi connectivity index (χ3n) is 5.57. The highest BCUT2D eigenvalue weighted by atomic mass is 32.2. The lowest BCUT2D eigenvalue weighted by molar-refractivity contribution is 0.0528. The summed E-state index contributed by atoms with van der Waals surface area (Å²) in [6, 6.07) is 17.8. The maximum atomic E-state index is 6.22. The van der Waals surface area contributed by atoms with E-state index in [4.69, 9.17) is 4.74 Å². The zero-order valence-corrected chi connectivity index (χ0v) is 19.9. The van der Waals surface area contributed by atoms with Crippen LogP contribution in [0.5, 0.6) is 0 Å². The molecular weight excluding hydrogens is 445 g/mol. The summed E-state index contributed by atoms with van der Waals surface area (Å²) in [6.07, 6.45) is 5.65. The summed E-state index contributed by atoms with van der Waals surface area (Å²) in [6.45, 7) is 4.49. The average Bonchev–Trinajstić information content (AvgIpc) is 3.44. The van der Waals surface area contributed by atoms with Crippen LogP contribution in [-0.4, -0.2) is 23.2 Å². The van der Waals surface area contributed by atoms with Crippen LogP contribution in [0.4, 0.5) is 0 Å². The lowest BCUT2D eigenvalue weighted by atomic mass is 9.96. The molecule has 1 saturated carbocycles. The van der Waals surface area contributed by atoms with Crippen molar-refractivity contribution in [3.63, 3.8) is 0 Å². The van der Waals surface area contributed by atoms with E-state index in [0.29, 0.717) is 17.1 Å². The summed E-state index contributed by atoms with van der Waals surface area (Å²) in [4.78, 5) is 2.83. The second kappa shape index (κ2) is 9.49. The van der Waals surface area contributed by atoms with Crippen LogP contribution in [0, 0.1) is 0 Å². The van der Waals surface area contributed by atoms with E-state index in [1.54, 1.807) is 0 Å². The molecule has 1 aliphatic carbocycles. The van der Waals surface area contributed by atoms with Crippen molar-refractivity contribution in [3.05, 3.63) is 71.9 Å². The van der Waals surface area contributed by atoms with E-state index >= 15 is 0 Å². The van der Waals surface area contributed by atoms with Gasteiger partial charge in [0, 0.05) is 29.7 Å². The average molecular weight is 469 g/mol. The van der Waals surface area contributed by atoms with E-state index < -0.39 is 0 Å². The molecule has 0 N–H and O–H groups in total. The van der Waals surface area contributed by atoms with Gasteiger partial charge in [0.25, 0.3) is 0 Å². The molecule has 3 unspecified atom stereocenters. The molecule has 0 amide bonds. The Morgan fingerprint density at radius 3 is 2.23 bits per heavy atom. The molecule has 0 spiro atoms. The second-order valence-electron chi connectivity index (χ2n) is 7.56.